The molecule has 4 nitrogen and oxygen atoms in total. The van der Waals surface area contributed by atoms with E-state index >= 15 is 0 Å². The molecule has 0 saturated carbocycles. The summed E-state index contributed by atoms with van der Waals surface area (Å²) in [5.41, 5.74) is 18.9. The van der Waals surface area contributed by atoms with Gasteiger partial charge in [0.2, 0.25) is 0 Å². The van der Waals surface area contributed by atoms with E-state index in [1.165, 1.54) is 109 Å². The van der Waals surface area contributed by atoms with E-state index in [0.717, 1.165) is 22.7 Å². The first-order valence-corrected chi connectivity index (χ1v) is 24.1. The van der Waals surface area contributed by atoms with Crippen molar-refractivity contribution in [2.45, 2.75) is 0 Å². The summed E-state index contributed by atoms with van der Waals surface area (Å²) in [5, 5.41) is 9.98. The second-order valence-corrected chi connectivity index (χ2v) is 18.5. The van der Waals surface area contributed by atoms with Gasteiger partial charge in [0, 0.05) is 65.8 Å². The van der Waals surface area contributed by atoms with Crippen molar-refractivity contribution in [2.75, 3.05) is 0 Å². The molecule has 0 radical (unpaired) electrons. The molecule has 0 atom stereocenters. The van der Waals surface area contributed by atoms with E-state index < -0.39 is 0 Å². The van der Waals surface area contributed by atoms with Crippen LogP contribution in [0.4, 0.5) is 0 Å². The van der Waals surface area contributed by atoms with Gasteiger partial charge in [0.15, 0.2) is 0 Å². The Balaban J connectivity index is 0.893. The highest BCUT2D eigenvalue weighted by molar-refractivity contribution is 6.27. The molecule has 0 bridgehead atoms. The Bertz CT molecular complexity index is 4290. The van der Waals surface area contributed by atoms with Crippen LogP contribution in [0.25, 0.3) is 132 Å². The van der Waals surface area contributed by atoms with E-state index in [9.17, 15) is 0 Å². The molecule has 0 aliphatic heterocycles. The third kappa shape index (κ3) is 5.59. The lowest BCUT2D eigenvalue weighted by Gasteiger charge is -2.13. The molecular formula is C66H42N4. The van der Waals surface area contributed by atoms with Crippen molar-refractivity contribution < 1.29 is 0 Å². The molecule has 0 N–H and O–H groups in total. The Morgan fingerprint density at radius 1 is 0.186 bits per heavy atom. The number of rotatable bonds is 6. The van der Waals surface area contributed by atoms with Crippen LogP contribution in [0.1, 0.15) is 0 Å². The molecular weight excluding hydrogens is 849 g/mol. The maximum Gasteiger partial charge on any atom is 0.0641 e. The number of fused-ring (bicyclic) bond motifs is 14. The van der Waals surface area contributed by atoms with Crippen molar-refractivity contribution in [1.82, 2.24) is 18.3 Å². The van der Waals surface area contributed by atoms with Crippen molar-refractivity contribution in [3.8, 4) is 45.0 Å². The van der Waals surface area contributed by atoms with Crippen molar-refractivity contribution in [2.24, 2.45) is 0 Å². The molecule has 0 saturated heterocycles. The summed E-state index contributed by atoms with van der Waals surface area (Å²) < 4.78 is 9.81. The molecule has 0 amide bonds. The van der Waals surface area contributed by atoms with Gasteiger partial charge in [0.1, 0.15) is 0 Å². The van der Waals surface area contributed by atoms with Crippen LogP contribution in [0.15, 0.2) is 255 Å². The molecule has 0 spiro atoms. The first-order chi connectivity index (χ1) is 34.8. The van der Waals surface area contributed by atoms with Crippen LogP contribution in [-0.4, -0.2) is 18.3 Å². The summed E-state index contributed by atoms with van der Waals surface area (Å²) in [6.07, 6.45) is 0. The summed E-state index contributed by atoms with van der Waals surface area (Å²) in [5.74, 6) is 0. The number of benzene rings is 11. The molecule has 70 heavy (non-hydrogen) atoms. The average Bonchev–Trinajstić information content (AvgIpc) is 4.16. The van der Waals surface area contributed by atoms with Crippen molar-refractivity contribution in [1.29, 1.82) is 0 Å². The number of aromatic nitrogens is 4. The lowest BCUT2D eigenvalue weighted by molar-refractivity contribution is 1.17. The monoisotopic (exact) mass is 890 g/mol. The van der Waals surface area contributed by atoms with E-state index in [1.807, 2.05) is 0 Å². The SMILES string of the molecule is c1ccc(-n2c3ccccc3c3c2ccc2c4ccccc4n(-c4cccc(-c5cccc(-c6cccc(-n7c8ccccc8c8ccc9c(c%10ccccc%10n9-c9ccccc9)c87)c6)c5)c4)c23)cc1. The number of hydrogen-bond donors (Lipinski definition) is 0. The lowest BCUT2D eigenvalue weighted by atomic mass is 9.98. The fraction of sp³-hybridized carbons (Fsp3) is 0. The van der Waals surface area contributed by atoms with Crippen LogP contribution in [0.5, 0.6) is 0 Å². The van der Waals surface area contributed by atoms with E-state index in [-0.39, 0.29) is 0 Å². The third-order valence-electron chi connectivity index (χ3n) is 14.7. The van der Waals surface area contributed by atoms with E-state index in [0.29, 0.717) is 0 Å². The Labute approximate surface area is 403 Å². The zero-order chi connectivity index (χ0) is 45.9. The van der Waals surface area contributed by atoms with Crippen LogP contribution in [0.3, 0.4) is 0 Å². The zero-order valence-corrected chi connectivity index (χ0v) is 38.0. The van der Waals surface area contributed by atoms with Gasteiger partial charge in [-0.3, -0.25) is 0 Å². The van der Waals surface area contributed by atoms with Crippen LogP contribution in [0.2, 0.25) is 0 Å². The lowest BCUT2D eigenvalue weighted by Crippen LogP contribution is -1.96. The molecule has 15 aromatic rings. The topological polar surface area (TPSA) is 19.7 Å². The zero-order valence-electron chi connectivity index (χ0n) is 38.0. The molecule has 0 fully saturated rings. The minimum Gasteiger partial charge on any atom is -0.309 e. The molecule has 4 aromatic heterocycles. The second kappa shape index (κ2) is 15.1. The minimum absolute atomic E-state index is 1.13. The standard InChI is InChI=1S/C66H42N4/c1-3-22-47(23-4-1)67-59-34-13-9-30-55(59)63-61(67)38-36-53-51-28-7-11-32-57(51)69(65(53)63)49-26-16-20-45(41-49)43-18-15-19-44(40-43)46-21-17-27-50(42-46)70-58-33-12-8-29-52(58)54-37-39-62-64(66(54)70)56-31-10-14-35-60(56)68(62)48-24-5-2-6-25-48/h1-42H. The van der Waals surface area contributed by atoms with Gasteiger partial charge in [0.25, 0.3) is 0 Å². The first-order valence-electron chi connectivity index (χ1n) is 24.1. The van der Waals surface area contributed by atoms with Gasteiger partial charge in [0.05, 0.1) is 44.1 Å². The van der Waals surface area contributed by atoms with Gasteiger partial charge in [-0.25, -0.2) is 0 Å². The molecule has 0 aliphatic rings. The Kier molecular flexibility index (Phi) is 8.33. The number of hydrogen-bond acceptors (Lipinski definition) is 0. The molecule has 11 aromatic carbocycles. The van der Waals surface area contributed by atoms with Crippen LogP contribution in [-0.2, 0) is 0 Å². The largest absolute Gasteiger partial charge is 0.309 e. The van der Waals surface area contributed by atoms with E-state index in [2.05, 4.69) is 273 Å². The predicted molar refractivity (Wildman–Crippen MR) is 295 cm³/mol. The molecule has 15 rings (SSSR count). The highest BCUT2D eigenvalue weighted by Gasteiger charge is 2.23. The highest BCUT2D eigenvalue weighted by atomic mass is 15.0. The van der Waals surface area contributed by atoms with Crippen LogP contribution < -0.4 is 0 Å². The van der Waals surface area contributed by atoms with Crippen molar-refractivity contribution in [3.63, 3.8) is 0 Å². The maximum absolute atomic E-state index is 2.49. The Morgan fingerprint density at radius 2 is 0.514 bits per heavy atom. The van der Waals surface area contributed by atoms with Gasteiger partial charge >= 0.3 is 0 Å². The third-order valence-corrected chi connectivity index (χ3v) is 14.7. The normalized spacial score (nSPS) is 12.0. The number of nitrogens with zero attached hydrogens (tertiary/aromatic N) is 4. The quantitative estimate of drug-likeness (QED) is 0.158. The molecule has 0 unspecified atom stereocenters. The van der Waals surface area contributed by atoms with Crippen molar-refractivity contribution in [3.05, 3.63) is 255 Å². The first kappa shape index (κ1) is 38.7. The predicted octanol–water partition coefficient (Wildman–Crippen LogP) is 17.4. The van der Waals surface area contributed by atoms with Crippen LogP contribution >= 0.6 is 0 Å². The number of para-hydroxylation sites is 6. The smallest absolute Gasteiger partial charge is 0.0641 e. The minimum atomic E-state index is 1.13. The summed E-state index contributed by atoms with van der Waals surface area (Å²) in [4.78, 5) is 0. The molecule has 326 valence electrons. The summed E-state index contributed by atoms with van der Waals surface area (Å²) in [6.45, 7) is 0. The summed E-state index contributed by atoms with van der Waals surface area (Å²) in [7, 11) is 0. The van der Waals surface area contributed by atoms with Gasteiger partial charge in [-0.15, -0.1) is 0 Å². The van der Waals surface area contributed by atoms with Gasteiger partial charge in [-0.05, 0) is 113 Å². The maximum atomic E-state index is 2.49. The van der Waals surface area contributed by atoms with Gasteiger partial charge in [-0.1, -0.05) is 164 Å². The Morgan fingerprint density at radius 3 is 0.943 bits per heavy atom. The van der Waals surface area contributed by atoms with Crippen molar-refractivity contribution >= 4 is 87.2 Å². The molecule has 4 heteroatoms. The van der Waals surface area contributed by atoms with E-state index in [1.54, 1.807) is 0 Å². The summed E-state index contributed by atoms with van der Waals surface area (Å²) in [6, 6.07) is 93.4. The second-order valence-electron chi connectivity index (χ2n) is 18.5. The molecule has 0 aliphatic carbocycles. The fourth-order valence-corrected chi connectivity index (χ4v) is 11.8. The van der Waals surface area contributed by atoms with E-state index in [4.69, 9.17) is 0 Å². The van der Waals surface area contributed by atoms with Crippen LogP contribution in [0, 0.1) is 0 Å². The average molecular weight is 891 g/mol. The highest BCUT2D eigenvalue weighted by Crippen LogP contribution is 2.44. The molecule has 4 heterocycles. The Hall–Kier alpha value is -9.38. The fourth-order valence-electron chi connectivity index (χ4n) is 11.8. The van der Waals surface area contributed by atoms with Gasteiger partial charge < -0.3 is 18.3 Å². The van der Waals surface area contributed by atoms with Gasteiger partial charge in [-0.2, -0.15) is 0 Å². The summed E-state index contributed by atoms with van der Waals surface area (Å²) >= 11 is 0.